The van der Waals surface area contributed by atoms with Crippen LogP contribution in [0.1, 0.15) is 18.5 Å². The monoisotopic (exact) mass is 302 g/mol. The van der Waals surface area contributed by atoms with E-state index in [1.54, 1.807) is 0 Å². The zero-order valence-corrected chi connectivity index (χ0v) is 12.7. The number of benzene rings is 2. The number of hydrogen-bond donors (Lipinski definition) is 0. The molecule has 1 heterocycles. The van der Waals surface area contributed by atoms with E-state index in [9.17, 15) is 8.78 Å². The van der Waals surface area contributed by atoms with Gasteiger partial charge in [0, 0.05) is 38.3 Å². The molecule has 3 rings (SSSR count). The summed E-state index contributed by atoms with van der Waals surface area (Å²) in [7, 11) is 0. The van der Waals surface area contributed by atoms with E-state index in [4.69, 9.17) is 0 Å². The lowest BCUT2D eigenvalue weighted by molar-refractivity contribution is 0.198. The van der Waals surface area contributed by atoms with Crippen LogP contribution in [0.25, 0.3) is 0 Å². The van der Waals surface area contributed by atoms with Crippen molar-refractivity contribution in [2.24, 2.45) is 0 Å². The van der Waals surface area contributed by atoms with E-state index < -0.39 is 11.6 Å². The van der Waals surface area contributed by atoms with Crippen molar-refractivity contribution < 1.29 is 8.78 Å². The molecule has 0 bridgehead atoms. The van der Waals surface area contributed by atoms with Gasteiger partial charge in [-0.3, -0.25) is 4.90 Å². The second kappa shape index (κ2) is 6.44. The molecule has 4 heteroatoms. The van der Waals surface area contributed by atoms with Crippen LogP contribution in [0.3, 0.4) is 0 Å². The van der Waals surface area contributed by atoms with Crippen LogP contribution in [0.2, 0.25) is 0 Å². The maximum absolute atomic E-state index is 13.9. The van der Waals surface area contributed by atoms with E-state index in [1.165, 1.54) is 17.7 Å². The van der Waals surface area contributed by atoms with Gasteiger partial charge in [-0.15, -0.1) is 0 Å². The number of anilines is 1. The minimum absolute atomic E-state index is 0.349. The SMILES string of the molecule is CC(c1ccccc1)N1CCN(c2ccc(F)cc2F)CC1. The fraction of sp³-hybridized carbons (Fsp3) is 0.333. The second-order valence-electron chi connectivity index (χ2n) is 5.71. The molecule has 116 valence electrons. The molecule has 0 aromatic heterocycles. The van der Waals surface area contributed by atoms with Crippen molar-refractivity contribution in [3.63, 3.8) is 0 Å². The highest BCUT2D eigenvalue weighted by molar-refractivity contribution is 5.48. The Morgan fingerprint density at radius 1 is 0.909 bits per heavy atom. The van der Waals surface area contributed by atoms with Crippen LogP contribution in [0.5, 0.6) is 0 Å². The van der Waals surface area contributed by atoms with Gasteiger partial charge in [-0.25, -0.2) is 8.78 Å². The highest BCUT2D eigenvalue weighted by Crippen LogP contribution is 2.25. The lowest BCUT2D eigenvalue weighted by Crippen LogP contribution is -2.47. The van der Waals surface area contributed by atoms with E-state index in [1.807, 2.05) is 11.0 Å². The van der Waals surface area contributed by atoms with Crippen LogP contribution >= 0.6 is 0 Å². The van der Waals surface area contributed by atoms with E-state index >= 15 is 0 Å². The Balaban J connectivity index is 1.65. The van der Waals surface area contributed by atoms with Crippen LogP contribution in [0, 0.1) is 11.6 Å². The normalized spacial score (nSPS) is 17.5. The molecule has 22 heavy (non-hydrogen) atoms. The number of hydrogen-bond acceptors (Lipinski definition) is 2. The molecule has 0 amide bonds. The Labute approximate surface area is 130 Å². The summed E-state index contributed by atoms with van der Waals surface area (Å²) >= 11 is 0. The first-order valence-corrected chi connectivity index (χ1v) is 7.64. The topological polar surface area (TPSA) is 6.48 Å². The lowest BCUT2D eigenvalue weighted by atomic mass is 10.1. The Hall–Kier alpha value is -1.94. The van der Waals surface area contributed by atoms with Crippen molar-refractivity contribution in [2.45, 2.75) is 13.0 Å². The Morgan fingerprint density at radius 2 is 1.59 bits per heavy atom. The Morgan fingerprint density at radius 3 is 2.23 bits per heavy atom. The second-order valence-corrected chi connectivity index (χ2v) is 5.71. The molecule has 1 aliphatic heterocycles. The molecule has 0 saturated carbocycles. The molecule has 1 aliphatic rings. The van der Waals surface area contributed by atoms with Crippen molar-refractivity contribution >= 4 is 5.69 Å². The van der Waals surface area contributed by atoms with Gasteiger partial charge < -0.3 is 4.90 Å². The van der Waals surface area contributed by atoms with Gasteiger partial charge in [0.25, 0.3) is 0 Å². The van der Waals surface area contributed by atoms with Gasteiger partial charge >= 0.3 is 0 Å². The number of piperazine rings is 1. The van der Waals surface area contributed by atoms with Crippen LogP contribution in [0.15, 0.2) is 48.5 Å². The average molecular weight is 302 g/mol. The fourth-order valence-electron chi connectivity index (χ4n) is 3.03. The third kappa shape index (κ3) is 3.12. The quantitative estimate of drug-likeness (QED) is 0.850. The zero-order chi connectivity index (χ0) is 15.5. The first-order valence-electron chi connectivity index (χ1n) is 7.64. The van der Waals surface area contributed by atoms with Crippen molar-refractivity contribution in [2.75, 3.05) is 31.1 Å². The largest absolute Gasteiger partial charge is 0.367 e. The van der Waals surface area contributed by atoms with Crippen molar-refractivity contribution in [3.8, 4) is 0 Å². The summed E-state index contributed by atoms with van der Waals surface area (Å²) in [5.41, 5.74) is 1.79. The molecule has 0 aliphatic carbocycles. The summed E-state index contributed by atoms with van der Waals surface area (Å²) in [6.45, 7) is 5.43. The first-order chi connectivity index (χ1) is 10.6. The average Bonchev–Trinajstić information content (AvgIpc) is 2.55. The van der Waals surface area contributed by atoms with Gasteiger partial charge in [0.05, 0.1) is 5.69 Å². The summed E-state index contributed by atoms with van der Waals surface area (Å²) in [5, 5.41) is 0. The minimum Gasteiger partial charge on any atom is -0.367 e. The molecule has 2 aromatic rings. The minimum atomic E-state index is -0.530. The van der Waals surface area contributed by atoms with Crippen LogP contribution in [-0.4, -0.2) is 31.1 Å². The van der Waals surface area contributed by atoms with Gasteiger partial charge in [0.15, 0.2) is 0 Å². The van der Waals surface area contributed by atoms with Crippen molar-refractivity contribution in [3.05, 3.63) is 65.7 Å². The number of nitrogens with zero attached hydrogens (tertiary/aromatic N) is 2. The lowest BCUT2D eigenvalue weighted by Gasteiger charge is -2.39. The van der Waals surface area contributed by atoms with Gasteiger partial charge in [0.2, 0.25) is 0 Å². The zero-order valence-electron chi connectivity index (χ0n) is 12.7. The highest BCUT2D eigenvalue weighted by Gasteiger charge is 2.23. The number of halogens is 2. The summed E-state index contributed by atoms with van der Waals surface area (Å²) in [4.78, 5) is 4.39. The predicted molar refractivity (Wildman–Crippen MR) is 85.0 cm³/mol. The molecule has 2 aromatic carbocycles. The van der Waals surface area contributed by atoms with Gasteiger partial charge in [-0.2, -0.15) is 0 Å². The third-order valence-electron chi connectivity index (χ3n) is 4.39. The summed E-state index contributed by atoms with van der Waals surface area (Å²) in [6.07, 6.45) is 0. The molecular formula is C18H20F2N2. The standard InChI is InChI=1S/C18H20F2N2/c1-14(15-5-3-2-4-6-15)21-9-11-22(12-10-21)18-8-7-16(19)13-17(18)20/h2-8,13-14H,9-12H2,1H3. The van der Waals surface area contributed by atoms with Gasteiger partial charge in [-0.1, -0.05) is 30.3 Å². The molecule has 1 atom stereocenters. The maximum atomic E-state index is 13.9. The van der Waals surface area contributed by atoms with Crippen molar-refractivity contribution in [1.29, 1.82) is 0 Å². The van der Waals surface area contributed by atoms with E-state index in [0.29, 0.717) is 11.7 Å². The Bertz CT molecular complexity index is 622. The van der Waals surface area contributed by atoms with Crippen molar-refractivity contribution in [1.82, 2.24) is 4.90 Å². The van der Waals surface area contributed by atoms with Crippen LogP contribution < -0.4 is 4.90 Å². The molecule has 1 saturated heterocycles. The molecule has 0 N–H and O–H groups in total. The first kappa shape index (κ1) is 15.0. The van der Waals surface area contributed by atoms with E-state index in [0.717, 1.165) is 32.2 Å². The van der Waals surface area contributed by atoms with Crippen LogP contribution in [0.4, 0.5) is 14.5 Å². The van der Waals surface area contributed by atoms with E-state index in [-0.39, 0.29) is 0 Å². The predicted octanol–water partition coefficient (Wildman–Crippen LogP) is 3.85. The van der Waals surface area contributed by atoms with Crippen LogP contribution in [-0.2, 0) is 0 Å². The Kier molecular flexibility index (Phi) is 4.39. The fourth-order valence-corrected chi connectivity index (χ4v) is 3.03. The molecule has 0 radical (unpaired) electrons. The summed E-state index contributed by atoms with van der Waals surface area (Å²) < 4.78 is 26.9. The summed E-state index contributed by atoms with van der Waals surface area (Å²) in [6, 6.07) is 14.5. The molecule has 0 spiro atoms. The molecule has 1 fully saturated rings. The molecular weight excluding hydrogens is 282 g/mol. The maximum Gasteiger partial charge on any atom is 0.149 e. The highest BCUT2D eigenvalue weighted by atomic mass is 19.1. The molecule has 1 unspecified atom stereocenters. The summed E-state index contributed by atoms with van der Waals surface area (Å²) in [5.74, 6) is -1.01. The number of rotatable bonds is 3. The smallest absolute Gasteiger partial charge is 0.149 e. The van der Waals surface area contributed by atoms with Gasteiger partial charge in [-0.05, 0) is 24.6 Å². The molecule has 2 nitrogen and oxygen atoms in total. The van der Waals surface area contributed by atoms with Gasteiger partial charge in [0.1, 0.15) is 11.6 Å². The van der Waals surface area contributed by atoms with E-state index in [2.05, 4.69) is 36.1 Å². The third-order valence-corrected chi connectivity index (χ3v) is 4.39.